The standard InChI is InChI=1S/C14H25F3N2O/c1-11(7-6-8-14(15,16)17)18-12(2)13(20)19-9-4-3-5-10-19/h11-12,18H,3-10H2,1-2H3. The molecule has 0 aliphatic carbocycles. The number of carbonyl (C=O) groups is 1. The van der Waals surface area contributed by atoms with E-state index in [-0.39, 0.29) is 24.4 Å². The Labute approximate surface area is 118 Å². The van der Waals surface area contributed by atoms with Crippen molar-refractivity contribution in [2.24, 2.45) is 0 Å². The fraction of sp³-hybridized carbons (Fsp3) is 0.929. The Morgan fingerprint density at radius 2 is 1.80 bits per heavy atom. The average Bonchev–Trinajstić information content (AvgIpc) is 2.37. The molecule has 118 valence electrons. The lowest BCUT2D eigenvalue weighted by atomic mass is 10.1. The van der Waals surface area contributed by atoms with E-state index in [1.165, 1.54) is 6.42 Å². The third-order valence-electron chi connectivity index (χ3n) is 3.67. The number of hydrogen-bond acceptors (Lipinski definition) is 2. The van der Waals surface area contributed by atoms with Gasteiger partial charge in [0.2, 0.25) is 5.91 Å². The number of piperidine rings is 1. The van der Waals surface area contributed by atoms with Gasteiger partial charge in [-0.3, -0.25) is 4.79 Å². The van der Waals surface area contributed by atoms with Gasteiger partial charge in [0.1, 0.15) is 0 Å². The molecule has 0 saturated carbocycles. The van der Waals surface area contributed by atoms with Crippen molar-refractivity contribution in [1.82, 2.24) is 10.2 Å². The summed E-state index contributed by atoms with van der Waals surface area (Å²) in [5.41, 5.74) is 0. The van der Waals surface area contributed by atoms with Gasteiger partial charge in [0.05, 0.1) is 6.04 Å². The molecule has 20 heavy (non-hydrogen) atoms. The van der Waals surface area contributed by atoms with E-state index in [0.717, 1.165) is 25.9 Å². The summed E-state index contributed by atoms with van der Waals surface area (Å²) < 4.78 is 36.2. The SMILES string of the molecule is CC(CCCC(F)(F)F)NC(C)C(=O)N1CCCCC1. The molecule has 1 aliphatic heterocycles. The number of likely N-dealkylation sites (tertiary alicyclic amines) is 1. The van der Waals surface area contributed by atoms with Gasteiger partial charge in [0.15, 0.2) is 0 Å². The molecule has 2 unspecified atom stereocenters. The Morgan fingerprint density at radius 3 is 2.35 bits per heavy atom. The maximum atomic E-state index is 12.2. The van der Waals surface area contributed by atoms with Gasteiger partial charge in [-0.2, -0.15) is 13.2 Å². The Bertz CT molecular complexity index is 301. The molecular weight excluding hydrogens is 269 g/mol. The number of carbonyl (C=O) groups excluding carboxylic acids is 1. The highest BCUT2D eigenvalue weighted by atomic mass is 19.4. The summed E-state index contributed by atoms with van der Waals surface area (Å²) in [5.74, 6) is 0.0624. The minimum atomic E-state index is -4.09. The van der Waals surface area contributed by atoms with E-state index in [1.807, 2.05) is 11.8 Å². The molecule has 0 aromatic heterocycles. The number of nitrogens with zero attached hydrogens (tertiary/aromatic N) is 1. The second-order valence-electron chi connectivity index (χ2n) is 5.68. The molecule has 1 fully saturated rings. The van der Waals surface area contributed by atoms with Crippen molar-refractivity contribution in [3.8, 4) is 0 Å². The van der Waals surface area contributed by atoms with E-state index in [0.29, 0.717) is 6.42 Å². The third kappa shape index (κ3) is 6.59. The number of amides is 1. The summed E-state index contributed by atoms with van der Waals surface area (Å²) in [6.07, 6.45) is -1.07. The van der Waals surface area contributed by atoms with E-state index in [4.69, 9.17) is 0 Å². The molecule has 0 radical (unpaired) electrons. The lowest BCUT2D eigenvalue weighted by molar-refractivity contribution is -0.137. The zero-order valence-corrected chi connectivity index (χ0v) is 12.3. The molecule has 1 aliphatic rings. The van der Waals surface area contributed by atoms with Gasteiger partial charge in [0, 0.05) is 25.6 Å². The van der Waals surface area contributed by atoms with Crippen LogP contribution in [-0.4, -0.2) is 42.2 Å². The van der Waals surface area contributed by atoms with Gasteiger partial charge in [-0.1, -0.05) is 0 Å². The monoisotopic (exact) mass is 294 g/mol. The summed E-state index contributed by atoms with van der Waals surface area (Å²) in [6.45, 7) is 5.22. The third-order valence-corrected chi connectivity index (χ3v) is 3.67. The van der Waals surface area contributed by atoms with Gasteiger partial charge in [0.25, 0.3) is 0 Å². The molecule has 0 spiro atoms. The summed E-state index contributed by atoms with van der Waals surface area (Å²) in [4.78, 5) is 14.0. The Morgan fingerprint density at radius 1 is 1.20 bits per heavy atom. The molecule has 1 heterocycles. The van der Waals surface area contributed by atoms with E-state index >= 15 is 0 Å². The Hall–Kier alpha value is -0.780. The van der Waals surface area contributed by atoms with Crippen LogP contribution in [0.5, 0.6) is 0 Å². The van der Waals surface area contributed by atoms with Crippen molar-refractivity contribution in [2.75, 3.05) is 13.1 Å². The first-order chi connectivity index (χ1) is 9.29. The van der Waals surface area contributed by atoms with E-state index < -0.39 is 12.6 Å². The van der Waals surface area contributed by atoms with Gasteiger partial charge < -0.3 is 10.2 Å². The van der Waals surface area contributed by atoms with Gasteiger partial charge in [-0.15, -0.1) is 0 Å². The van der Waals surface area contributed by atoms with Crippen LogP contribution < -0.4 is 5.32 Å². The van der Waals surface area contributed by atoms with Crippen molar-refractivity contribution in [1.29, 1.82) is 0 Å². The maximum absolute atomic E-state index is 12.2. The molecule has 1 amide bonds. The minimum absolute atomic E-state index is 0.0624. The van der Waals surface area contributed by atoms with Crippen molar-refractivity contribution in [2.45, 2.75) is 70.6 Å². The molecule has 6 heteroatoms. The summed E-state index contributed by atoms with van der Waals surface area (Å²) in [5, 5.41) is 3.10. The first-order valence-electron chi connectivity index (χ1n) is 7.41. The lowest BCUT2D eigenvalue weighted by Gasteiger charge is -2.30. The zero-order chi connectivity index (χ0) is 15.2. The predicted octanol–water partition coefficient (Wildman–Crippen LogP) is 3.10. The highest BCUT2D eigenvalue weighted by Crippen LogP contribution is 2.22. The van der Waals surface area contributed by atoms with E-state index in [9.17, 15) is 18.0 Å². The van der Waals surface area contributed by atoms with Crippen molar-refractivity contribution in [3.63, 3.8) is 0 Å². The fourth-order valence-electron chi connectivity index (χ4n) is 2.58. The molecule has 1 N–H and O–H groups in total. The van der Waals surface area contributed by atoms with Crippen molar-refractivity contribution in [3.05, 3.63) is 0 Å². The number of nitrogens with one attached hydrogen (secondary N) is 1. The maximum Gasteiger partial charge on any atom is 0.389 e. The second-order valence-corrected chi connectivity index (χ2v) is 5.68. The average molecular weight is 294 g/mol. The van der Waals surface area contributed by atoms with Crippen molar-refractivity contribution >= 4 is 5.91 Å². The highest BCUT2D eigenvalue weighted by molar-refractivity contribution is 5.81. The predicted molar refractivity (Wildman–Crippen MR) is 72.4 cm³/mol. The second kappa shape index (κ2) is 7.86. The van der Waals surface area contributed by atoms with E-state index in [1.54, 1.807) is 6.92 Å². The van der Waals surface area contributed by atoms with Gasteiger partial charge >= 0.3 is 6.18 Å². The topological polar surface area (TPSA) is 32.3 Å². The number of alkyl halides is 3. The normalized spacial score (nSPS) is 19.8. The molecule has 3 nitrogen and oxygen atoms in total. The number of hydrogen-bond donors (Lipinski definition) is 1. The lowest BCUT2D eigenvalue weighted by Crippen LogP contribution is -2.49. The molecule has 0 aromatic rings. The van der Waals surface area contributed by atoms with Crippen LogP contribution in [0.15, 0.2) is 0 Å². The number of halogens is 3. The van der Waals surface area contributed by atoms with Crippen LogP contribution in [0.2, 0.25) is 0 Å². The molecule has 1 saturated heterocycles. The van der Waals surface area contributed by atoms with Gasteiger partial charge in [-0.05, 0) is 46.0 Å². The van der Waals surface area contributed by atoms with Crippen LogP contribution in [-0.2, 0) is 4.79 Å². The van der Waals surface area contributed by atoms with Gasteiger partial charge in [-0.25, -0.2) is 0 Å². The van der Waals surface area contributed by atoms with Crippen LogP contribution in [0.1, 0.15) is 52.4 Å². The number of rotatable bonds is 6. The smallest absolute Gasteiger partial charge is 0.341 e. The first kappa shape index (κ1) is 17.3. The van der Waals surface area contributed by atoms with Crippen LogP contribution in [0.25, 0.3) is 0 Å². The zero-order valence-electron chi connectivity index (χ0n) is 12.3. The first-order valence-corrected chi connectivity index (χ1v) is 7.41. The Balaban J connectivity index is 2.26. The minimum Gasteiger partial charge on any atom is -0.341 e. The quantitative estimate of drug-likeness (QED) is 0.816. The fourth-order valence-corrected chi connectivity index (χ4v) is 2.58. The summed E-state index contributed by atoms with van der Waals surface area (Å²) in [6, 6.07) is -0.407. The highest BCUT2D eigenvalue weighted by Gasteiger charge is 2.27. The molecule has 0 aromatic carbocycles. The van der Waals surface area contributed by atoms with E-state index in [2.05, 4.69) is 5.32 Å². The molecule has 1 rings (SSSR count). The van der Waals surface area contributed by atoms with Crippen molar-refractivity contribution < 1.29 is 18.0 Å². The van der Waals surface area contributed by atoms with Crippen LogP contribution in [0.4, 0.5) is 13.2 Å². The van der Waals surface area contributed by atoms with Crippen LogP contribution >= 0.6 is 0 Å². The van der Waals surface area contributed by atoms with Crippen LogP contribution in [0.3, 0.4) is 0 Å². The summed E-state index contributed by atoms with van der Waals surface area (Å²) in [7, 11) is 0. The molecular formula is C14H25F3N2O. The summed E-state index contributed by atoms with van der Waals surface area (Å²) >= 11 is 0. The largest absolute Gasteiger partial charge is 0.389 e. The molecule has 0 bridgehead atoms. The van der Waals surface area contributed by atoms with Crippen LogP contribution in [0, 0.1) is 0 Å². The molecule has 2 atom stereocenters. The Kier molecular flexibility index (Phi) is 6.79.